The van der Waals surface area contributed by atoms with Gasteiger partial charge in [-0.05, 0) is 20.1 Å². The van der Waals surface area contributed by atoms with Crippen molar-refractivity contribution in [1.29, 1.82) is 0 Å². The van der Waals surface area contributed by atoms with Gasteiger partial charge < -0.3 is 4.90 Å². The van der Waals surface area contributed by atoms with Gasteiger partial charge in [-0.3, -0.25) is 0 Å². The summed E-state index contributed by atoms with van der Waals surface area (Å²) >= 11 is 0. The molecule has 13 heavy (non-hydrogen) atoms. The number of hydrogen-bond acceptors (Lipinski definition) is 1. The number of rotatable bonds is 5. The van der Waals surface area contributed by atoms with Crippen LogP contribution in [0, 0.1) is 0 Å². The molecule has 0 saturated carbocycles. The highest BCUT2D eigenvalue weighted by Crippen LogP contribution is 2.16. The molecule has 0 aromatic rings. The van der Waals surface area contributed by atoms with Crippen LogP contribution in [0.4, 0.5) is 0 Å². The van der Waals surface area contributed by atoms with Crippen molar-refractivity contribution in [2.45, 2.75) is 25.7 Å². The average molecular weight is 197 g/mol. The summed E-state index contributed by atoms with van der Waals surface area (Å²) in [5, 5.41) is 0. The molecule has 2 heteroatoms. The van der Waals surface area contributed by atoms with E-state index in [1.54, 1.807) is 0 Å². The Morgan fingerprint density at radius 3 is 2.15 bits per heavy atom. The summed E-state index contributed by atoms with van der Waals surface area (Å²) in [6, 6.07) is 1.27. The molecule has 0 fully saturated rings. The number of nitrogens with zero attached hydrogens (tertiary/aromatic N) is 1. The third-order valence-corrected chi connectivity index (χ3v) is 3.15. The van der Waals surface area contributed by atoms with Gasteiger partial charge in [0.1, 0.15) is 0 Å². The summed E-state index contributed by atoms with van der Waals surface area (Å²) in [5.74, 6) is 0. The Labute approximate surface area is 84.2 Å². The fraction of sp³-hybridized carbons (Fsp3) is 0.636. The standard InChI is InChI=1S/C11H23NSi/c1-7-8-11(9-12(2)3)10-13(4,5)6/h7-8H,1,9-10H2,2-6H3/b11-8+. The third kappa shape index (κ3) is 8.00. The molecule has 0 bridgehead atoms. The van der Waals surface area contributed by atoms with Crippen LogP contribution < -0.4 is 0 Å². The molecule has 0 aliphatic carbocycles. The quantitative estimate of drug-likeness (QED) is 0.484. The van der Waals surface area contributed by atoms with Crippen molar-refractivity contribution in [3.05, 3.63) is 24.3 Å². The van der Waals surface area contributed by atoms with Crippen LogP contribution in [-0.2, 0) is 0 Å². The topological polar surface area (TPSA) is 3.24 Å². The molecule has 0 atom stereocenters. The molecule has 0 heterocycles. The molecule has 0 N–H and O–H groups in total. The molecular formula is C11H23NSi. The van der Waals surface area contributed by atoms with Gasteiger partial charge >= 0.3 is 0 Å². The van der Waals surface area contributed by atoms with Crippen LogP contribution in [0.2, 0.25) is 25.7 Å². The van der Waals surface area contributed by atoms with Crippen molar-refractivity contribution in [2.24, 2.45) is 0 Å². The van der Waals surface area contributed by atoms with Gasteiger partial charge in [0.25, 0.3) is 0 Å². The lowest BCUT2D eigenvalue weighted by Gasteiger charge is -2.20. The molecule has 76 valence electrons. The summed E-state index contributed by atoms with van der Waals surface area (Å²) in [4.78, 5) is 2.22. The van der Waals surface area contributed by atoms with Gasteiger partial charge in [0, 0.05) is 14.6 Å². The van der Waals surface area contributed by atoms with Crippen LogP contribution in [0.1, 0.15) is 0 Å². The first-order valence-corrected chi connectivity index (χ1v) is 8.51. The van der Waals surface area contributed by atoms with Crippen molar-refractivity contribution in [2.75, 3.05) is 20.6 Å². The summed E-state index contributed by atoms with van der Waals surface area (Å²) < 4.78 is 0. The van der Waals surface area contributed by atoms with Crippen molar-refractivity contribution < 1.29 is 0 Å². The Bertz CT molecular complexity index is 187. The molecule has 0 rings (SSSR count). The zero-order chi connectivity index (χ0) is 10.5. The monoisotopic (exact) mass is 197 g/mol. The van der Waals surface area contributed by atoms with Crippen LogP contribution in [0.25, 0.3) is 0 Å². The van der Waals surface area contributed by atoms with Crippen LogP contribution in [0.5, 0.6) is 0 Å². The maximum absolute atomic E-state index is 3.76. The van der Waals surface area contributed by atoms with Gasteiger partial charge in [0.05, 0.1) is 0 Å². The van der Waals surface area contributed by atoms with E-state index in [1.807, 2.05) is 6.08 Å². The molecule has 0 aliphatic rings. The van der Waals surface area contributed by atoms with Crippen molar-refractivity contribution in [3.63, 3.8) is 0 Å². The number of hydrogen-bond donors (Lipinski definition) is 0. The van der Waals surface area contributed by atoms with E-state index in [-0.39, 0.29) is 0 Å². The van der Waals surface area contributed by atoms with E-state index in [0.717, 1.165) is 6.54 Å². The van der Waals surface area contributed by atoms with E-state index < -0.39 is 8.07 Å². The van der Waals surface area contributed by atoms with E-state index in [1.165, 1.54) is 11.6 Å². The van der Waals surface area contributed by atoms with Gasteiger partial charge in [-0.15, -0.1) is 0 Å². The molecule has 0 aliphatic heterocycles. The van der Waals surface area contributed by atoms with Gasteiger partial charge in [0.15, 0.2) is 0 Å². The van der Waals surface area contributed by atoms with Gasteiger partial charge in [0.2, 0.25) is 0 Å². The SMILES string of the molecule is C=C/C=C(\CN(C)C)C[Si](C)(C)C. The Hall–Kier alpha value is -0.343. The van der Waals surface area contributed by atoms with Crippen molar-refractivity contribution >= 4 is 8.07 Å². The van der Waals surface area contributed by atoms with Crippen LogP contribution in [0.3, 0.4) is 0 Å². The number of likely N-dealkylation sites (N-methyl/N-ethyl adjacent to an activating group) is 1. The van der Waals surface area contributed by atoms with Gasteiger partial charge in [-0.1, -0.05) is 43.9 Å². The second-order valence-electron chi connectivity index (χ2n) is 5.04. The summed E-state index contributed by atoms with van der Waals surface area (Å²) in [5.41, 5.74) is 1.51. The normalized spacial score (nSPS) is 13.5. The first-order chi connectivity index (χ1) is 5.85. The Morgan fingerprint density at radius 2 is 1.85 bits per heavy atom. The highest BCUT2D eigenvalue weighted by molar-refractivity contribution is 6.76. The molecular weight excluding hydrogens is 174 g/mol. The smallest absolute Gasteiger partial charge is 0.0483 e. The third-order valence-electron chi connectivity index (χ3n) is 1.63. The van der Waals surface area contributed by atoms with Crippen LogP contribution >= 0.6 is 0 Å². The summed E-state index contributed by atoms with van der Waals surface area (Å²) in [7, 11) is 3.26. The largest absolute Gasteiger partial charge is 0.305 e. The zero-order valence-electron chi connectivity index (χ0n) is 9.72. The maximum Gasteiger partial charge on any atom is 0.0483 e. The van der Waals surface area contributed by atoms with Crippen LogP contribution in [0.15, 0.2) is 24.3 Å². The van der Waals surface area contributed by atoms with E-state index in [4.69, 9.17) is 0 Å². The highest BCUT2D eigenvalue weighted by atomic mass is 28.3. The molecule has 0 aromatic carbocycles. The fourth-order valence-corrected chi connectivity index (χ4v) is 3.01. The lowest BCUT2D eigenvalue weighted by molar-refractivity contribution is 0.445. The molecule has 0 spiro atoms. The first-order valence-electron chi connectivity index (χ1n) is 4.80. The van der Waals surface area contributed by atoms with Crippen LogP contribution in [-0.4, -0.2) is 33.6 Å². The van der Waals surface area contributed by atoms with Gasteiger partial charge in [-0.2, -0.15) is 0 Å². The Kier molecular flexibility index (Phi) is 5.26. The second-order valence-corrected chi connectivity index (χ2v) is 10.5. The molecule has 0 saturated heterocycles. The van der Waals surface area contributed by atoms with E-state index in [9.17, 15) is 0 Å². The lowest BCUT2D eigenvalue weighted by atomic mass is 10.2. The molecule has 0 unspecified atom stereocenters. The minimum atomic E-state index is -0.967. The van der Waals surface area contributed by atoms with E-state index >= 15 is 0 Å². The molecule has 1 nitrogen and oxygen atoms in total. The summed E-state index contributed by atoms with van der Waals surface area (Å²) in [6.45, 7) is 12.0. The van der Waals surface area contributed by atoms with E-state index in [0.29, 0.717) is 0 Å². The maximum atomic E-state index is 3.76. The zero-order valence-corrected chi connectivity index (χ0v) is 10.7. The van der Waals surface area contributed by atoms with Gasteiger partial charge in [-0.25, -0.2) is 0 Å². The molecule has 0 aromatic heterocycles. The fourth-order valence-electron chi connectivity index (χ4n) is 1.42. The first kappa shape index (κ1) is 12.7. The molecule has 0 amide bonds. The lowest BCUT2D eigenvalue weighted by Crippen LogP contribution is -2.24. The highest BCUT2D eigenvalue weighted by Gasteiger charge is 2.15. The minimum Gasteiger partial charge on any atom is -0.305 e. The Balaban J connectivity index is 4.28. The second kappa shape index (κ2) is 5.40. The predicted molar refractivity (Wildman–Crippen MR) is 65.0 cm³/mol. The number of allylic oxidation sites excluding steroid dienone is 2. The Morgan fingerprint density at radius 1 is 1.31 bits per heavy atom. The average Bonchev–Trinajstić information content (AvgIpc) is 1.81. The van der Waals surface area contributed by atoms with Crippen molar-refractivity contribution in [1.82, 2.24) is 4.90 Å². The minimum absolute atomic E-state index is 0.967. The molecule has 0 radical (unpaired) electrons. The summed E-state index contributed by atoms with van der Waals surface area (Å²) in [6.07, 6.45) is 4.07. The van der Waals surface area contributed by atoms with Crippen molar-refractivity contribution in [3.8, 4) is 0 Å². The predicted octanol–water partition coefficient (Wildman–Crippen LogP) is 3.00. The van der Waals surface area contributed by atoms with E-state index in [2.05, 4.69) is 51.3 Å².